The highest BCUT2D eigenvalue weighted by atomic mass is 19.4. The summed E-state index contributed by atoms with van der Waals surface area (Å²) in [5.41, 5.74) is -0.963. The standard InChI is InChI=1S/C15H15F3N4O2/c1-9-3-6-22(7-4-9)14(23)13-20-12(21-24-13)10-2-5-19-11(8-10)15(16,17)18/h2,5,8-9H,3-4,6-7H2,1H3. The third-order valence-corrected chi connectivity index (χ3v) is 3.99. The molecule has 24 heavy (non-hydrogen) atoms. The van der Waals surface area contributed by atoms with Crippen LogP contribution in [0.2, 0.25) is 0 Å². The predicted octanol–water partition coefficient (Wildman–Crippen LogP) is 3.02. The van der Waals surface area contributed by atoms with Gasteiger partial charge in [0, 0.05) is 24.8 Å². The minimum atomic E-state index is -4.57. The lowest BCUT2D eigenvalue weighted by Crippen LogP contribution is -2.38. The lowest BCUT2D eigenvalue weighted by atomic mass is 9.99. The Morgan fingerprint density at radius 2 is 2.04 bits per heavy atom. The third kappa shape index (κ3) is 3.39. The minimum absolute atomic E-state index is 0.0726. The molecular weight excluding hydrogens is 325 g/mol. The van der Waals surface area contributed by atoms with Gasteiger partial charge in [-0.15, -0.1) is 0 Å². The molecule has 9 heteroatoms. The number of carbonyl (C=O) groups is 1. The molecule has 0 bridgehead atoms. The highest BCUT2D eigenvalue weighted by Gasteiger charge is 2.33. The summed E-state index contributed by atoms with van der Waals surface area (Å²) in [7, 11) is 0. The van der Waals surface area contributed by atoms with Crippen molar-refractivity contribution in [2.75, 3.05) is 13.1 Å². The zero-order chi connectivity index (χ0) is 17.3. The van der Waals surface area contributed by atoms with E-state index in [0.717, 1.165) is 25.1 Å². The second-order valence-corrected chi connectivity index (χ2v) is 5.83. The zero-order valence-corrected chi connectivity index (χ0v) is 12.9. The highest BCUT2D eigenvalue weighted by molar-refractivity contribution is 5.90. The van der Waals surface area contributed by atoms with Crippen molar-refractivity contribution in [3.8, 4) is 11.4 Å². The van der Waals surface area contributed by atoms with Gasteiger partial charge in [0.1, 0.15) is 5.69 Å². The van der Waals surface area contributed by atoms with E-state index in [1.165, 1.54) is 6.07 Å². The van der Waals surface area contributed by atoms with Crippen LogP contribution in [0.1, 0.15) is 36.1 Å². The Morgan fingerprint density at radius 1 is 1.33 bits per heavy atom. The number of hydrogen-bond acceptors (Lipinski definition) is 5. The molecule has 6 nitrogen and oxygen atoms in total. The van der Waals surface area contributed by atoms with E-state index in [0.29, 0.717) is 19.0 Å². The molecule has 0 N–H and O–H groups in total. The van der Waals surface area contributed by atoms with Crippen LogP contribution < -0.4 is 0 Å². The monoisotopic (exact) mass is 340 g/mol. The first kappa shape index (κ1) is 16.4. The van der Waals surface area contributed by atoms with Crippen LogP contribution in [0, 0.1) is 5.92 Å². The number of alkyl halides is 3. The molecule has 0 aromatic carbocycles. The molecule has 2 aromatic rings. The maximum absolute atomic E-state index is 12.7. The van der Waals surface area contributed by atoms with E-state index < -0.39 is 17.8 Å². The number of likely N-dealkylation sites (tertiary alicyclic amines) is 1. The first-order valence-electron chi connectivity index (χ1n) is 7.51. The zero-order valence-electron chi connectivity index (χ0n) is 12.9. The van der Waals surface area contributed by atoms with Gasteiger partial charge >= 0.3 is 18.0 Å². The van der Waals surface area contributed by atoms with Crippen LogP contribution in [0.25, 0.3) is 11.4 Å². The van der Waals surface area contributed by atoms with Crippen LogP contribution in [0.5, 0.6) is 0 Å². The molecule has 0 spiro atoms. The molecular formula is C15H15F3N4O2. The van der Waals surface area contributed by atoms with Crippen molar-refractivity contribution in [2.24, 2.45) is 5.92 Å². The van der Waals surface area contributed by atoms with E-state index in [4.69, 9.17) is 4.52 Å². The van der Waals surface area contributed by atoms with Gasteiger partial charge in [-0.05, 0) is 30.9 Å². The maximum atomic E-state index is 12.7. The lowest BCUT2D eigenvalue weighted by molar-refractivity contribution is -0.141. The van der Waals surface area contributed by atoms with Gasteiger partial charge in [-0.25, -0.2) is 0 Å². The Bertz CT molecular complexity index is 736. The van der Waals surface area contributed by atoms with Crippen LogP contribution in [0.4, 0.5) is 13.2 Å². The number of pyridine rings is 1. The van der Waals surface area contributed by atoms with E-state index in [2.05, 4.69) is 22.0 Å². The second-order valence-electron chi connectivity index (χ2n) is 5.83. The van der Waals surface area contributed by atoms with Gasteiger partial charge in [-0.3, -0.25) is 9.78 Å². The molecule has 0 aliphatic carbocycles. The molecule has 1 aliphatic rings. The SMILES string of the molecule is CC1CCN(C(=O)c2nc(-c3ccnc(C(F)(F)F)c3)no2)CC1. The molecule has 0 unspecified atom stereocenters. The van der Waals surface area contributed by atoms with Crippen molar-refractivity contribution >= 4 is 5.91 Å². The van der Waals surface area contributed by atoms with Crippen LogP contribution in [-0.4, -0.2) is 39.0 Å². The molecule has 1 fully saturated rings. The van der Waals surface area contributed by atoms with E-state index in [1.54, 1.807) is 4.90 Å². The van der Waals surface area contributed by atoms with E-state index in [-0.39, 0.29) is 17.3 Å². The summed E-state index contributed by atoms with van der Waals surface area (Å²) in [6, 6.07) is 2.15. The Kier molecular flexibility index (Phi) is 4.25. The molecule has 0 radical (unpaired) electrons. The fraction of sp³-hybridized carbons (Fsp3) is 0.467. The quantitative estimate of drug-likeness (QED) is 0.840. The Balaban J connectivity index is 1.79. The number of hydrogen-bond donors (Lipinski definition) is 0. The third-order valence-electron chi connectivity index (χ3n) is 3.99. The number of halogens is 3. The topological polar surface area (TPSA) is 72.1 Å². The predicted molar refractivity (Wildman–Crippen MR) is 76.8 cm³/mol. The minimum Gasteiger partial charge on any atom is -0.334 e. The van der Waals surface area contributed by atoms with Crippen molar-refractivity contribution in [1.29, 1.82) is 0 Å². The number of amides is 1. The number of aromatic nitrogens is 3. The van der Waals surface area contributed by atoms with Gasteiger partial charge in [0.05, 0.1) is 0 Å². The van der Waals surface area contributed by atoms with Gasteiger partial charge in [-0.2, -0.15) is 18.2 Å². The first-order valence-corrected chi connectivity index (χ1v) is 7.51. The van der Waals surface area contributed by atoms with Crippen molar-refractivity contribution in [2.45, 2.75) is 25.9 Å². The van der Waals surface area contributed by atoms with E-state index in [1.807, 2.05) is 0 Å². The first-order chi connectivity index (χ1) is 11.3. The van der Waals surface area contributed by atoms with Crippen LogP contribution in [0.3, 0.4) is 0 Å². The Hall–Kier alpha value is -2.45. The summed E-state index contributed by atoms with van der Waals surface area (Å²) in [6.45, 7) is 3.32. The largest absolute Gasteiger partial charge is 0.433 e. The van der Waals surface area contributed by atoms with Crippen LogP contribution >= 0.6 is 0 Å². The molecule has 128 valence electrons. The summed E-state index contributed by atoms with van der Waals surface area (Å²) in [5.74, 6) is -0.128. The molecule has 1 aliphatic heterocycles. The highest BCUT2D eigenvalue weighted by Crippen LogP contribution is 2.29. The average Bonchev–Trinajstić information content (AvgIpc) is 3.04. The maximum Gasteiger partial charge on any atom is 0.433 e. The van der Waals surface area contributed by atoms with Crippen LogP contribution in [-0.2, 0) is 6.18 Å². The Labute approximate surface area is 135 Å². The molecule has 0 atom stereocenters. The summed E-state index contributed by atoms with van der Waals surface area (Å²) in [6.07, 6.45) is -1.76. The van der Waals surface area contributed by atoms with Crippen LogP contribution in [0.15, 0.2) is 22.9 Å². The van der Waals surface area contributed by atoms with Gasteiger partial charge in [0.2, 0.25) is 5.82 Å². The molecule has 3 heterocycles. The molecule has 2 aromatic heterocycles. The number of carbonyl (C=O) groups excluding carboxylic acids is 1. The smallest absolute Gasteiger partial charge is 0.334 e. The summed E-state index contributed by atoms with van der Waals surface area (Å²) in [5, 5.41) is 3.61. The summed E-state index contributed by atoms with van der Waals surface area (Å²) >= 11 is 0. The fourth-order valence-corrected chi connectivity index (χ4v) is 2.50. The molecule has 3 rings (SSSR count). The molecule has 1 saturated heterocycles. The number of piperidine rings is 1. The summed E-state index contributed by atoms with van der Waals surface area (Å²) in [4.78, 5) is 21.1. The fourth-order valence-electron chi connectivity index (χ4n) is 2.50. The van der Waals surface area contributed by atoms with Gasteiger partial charge in [-0.1, -0.05) is 12.1 Å². The van der Waals surface area contributed by atoms with Gasteiger partial charge < -0.3 is 9.42 Å². The van der Waals surface area contributed by atoms with Crippen molar-refractivity contribution < 1.29 is 22.5 Å². The van der Waals surface area contributed by atoms with E-state index in [9.17, 15) is 18.0 Å². The molecule has 0 saturated carbocycles. The lowest BCUT2D eigenvalue weighted by Gasteiger charge is -2.28. The van der Waals surface area contributed by atoms with E-state index >= 15 is 0 Å². The van der Waals surface area contributed by atoms with Gasteiger partial charge in [0.15, 0.2) is 0 Å². The second kappa shape index (κ2) is 6.21. The van der Waals surface area contributed by atoms with Crippen molar-refractivity contribution in [3.05, 3.63) is 29.9 Å². The average molecular weight is 340 g/mol. The number of rotatable bonds is 2. The Morgan fingerprint density at radius 3 is 2.71 bits per heavy atom. The number of nitrogens with zero attached hydrogens (tertiary/aromatic N) is 4. The van der Waals surface area contributed by atoms with Crippen molar-refractivity contribution in [1.82, 2.24) is 20.0 Å². The molecule has 1 amide bonds. The van der Waals surface area contributed by atoms with Gasteiger partial charge in [0.25, 0.3) is 0 Å². The normalized spacial score (nSPS) is 16.4. The van der Waals surface area contributed by atoms with Crippen molar-refractivity contribution in [3.63, 3.8) is 0 Å². The summed E-state index contributed by atoms with van der Waals surface area (Å²) < 4.78 is 43.0.